The summed E-state index contributed by atoms with van der Waals surface area (Å²) in [5.74, 6) is 0.611. The zero-order valence-corrected chi connectivity index (χ0v) is 4.62. The fourth-order valence-corrected chi connectivity index (χ4v) is 0.498. The monoisotopic (exact) mass is 104 g/mol. The SMILES string of the molecule is C=CC[S@](C)=O. The largest absolute Gasteiger partial charge is 0.260 e. The Hall–Kier alpha value is -0.110. The van der Waals surface area contributed by atoms with E-state index in [4.69, 9.17) is 0 Å². The van der Waals surface area contributed by atoms with Crippen molar-refractivity contribution in [2.45, 2.75) is 0 Å². The van der Waals surface area contributed by atoms with Gasteiger partial charge in [-0.25, -0.2) is 0 Å². The van der Waals surface area contributed by atoms with Crippen LogP contribution in [0.15, 0.2) is 12.7 Å². The van der Waals surface area contributed by atoms with Gasteiger partial charge in [0.1, 0.15) is 0 Å². The molecule has 0 saturated carbocycles. The van der Waals surface area contributed by atoms with Crippen molar-refractivity contribution < 1.29 is 4.21 Å². The van der Waals surface area contributed by atoms with Crippen molar-refractivity contribution in [3.05, 3.63) is 12.7 Å². The molecule has 0 aliphatic carbocycles. The molecule has 0 N–H and O–H groups in total. The lowest BCUT2D eigenvalue weighted by atomic mass is 10.8. The van der Waals surface area contributed by atoms with Gasteiger partial charge in [0.25, 0.3) is 0 Å². The van der Waals surface area contributed by atoms with Crippen LogP contribution < -0.4 is 0 Å². The predicted molar refractivity (Wildman–Crippen MR) is 29.1 cm³/mol. The Labute approximate surface area is 40.5 Å². The predicted octanol–water partition coefficient (Wildman–Crippen LogP) is 0.551. The van der Waals surface area contributed by atoms with Crippen LogP contribution in [0.25, 0.3) is 0 Å². The van der Waals surface area contributed by atoms with Crippen LogP contribution in [0.2, 0.25) is 0 Å². The van der Waals surface area contributed by atoms with Crippen LogP contribution in [0.4, 0.5) is 0 Å². The fraction of sp³-hybridized carbons (Fsp3) is 0.500. The first-order valence-corrected chi connectivity index (χ1v) is 3.41. The molecule has 0 amide bonds. The highest BCUT2D eigenvalue weighted by molar-refractivity contribution is 7.84. The maximum absolute atomic E-state index is 10.1. The summed E-state index contributed by atoms with van der Waals surface area (Å²) in [6, 6.07) is 0. The van der Waals surface area contributed by atoms with E-state index >= 15 is 0 Å². The zero-order chi connectivity index (χ0) is 4.99. The smallest absolute Gasteiger partial charge is 0.0409 e. The van der Waals surface area contributed by atoms with E-state index in [0.29, 0.717) is 5.75 Å². The van der Waals surface area contributed by atoms with Crippen LogP contribution in [0.5, 0.6) is 0 Å². The van der Waals surface area contributed by atoms with Gasteiger partial charge in [-0.2, -0.15) is 0 Å². The Morgan fingerprint density at radius 3 is 2.50 bits per heavy atom. The van der Waals surface area contributed by atoms with Crippen LogP contribution in [-0.2, 0) is 10.8 Å². The van der Waals surface area contributed by atoms with E-state index in [-0.39, 0.29) is 0 Å². The Bertz CT molecular complexity index is 67.9. The molecule has 0 aliphatic rings. The molecule has 0 unspecified atom stereocenters. The quantitative estimate of drug-likeness (QED) is 0.468. The molecule has 2 heteroatoms. The van der Waals surface area contributed by atoms with Gasteiger partial charge in [-0.3, -0.25) is 4.21 Å². The van der Waals surface area contributed by atoms with Crippen molar-refractivity contribution >= 4 is 10.8 Å². The molecule has 0 bridgehead atoms. The molecule has 0 aromatic heterocycles. The minimum atomic E-state index is -0.684. The molecule has 0 saturated heterocycles. The van der Waals surface area contributed by atoms with Gasteiger partial charge in [-0.1, -0.05) is 6.08 Å². The van der Waals surface area contributed by atoms with Gasteiger partial charge in [-0.05, 0) is 0 Å². The Kier molecular flexibility index (Phi) is 3.04. The molecule has 1 atom stereocenters. The lowest BCUT2D eigenvalue weighted by Crippen LogP contribution is -1.86. The van der Waals surface area contributed by atoms with Gasteiger partial charge in [0.2, 0.25) is 0 Å². The Morgan fingerprint density at radius 2 is 2.50 bits per heavy atom. The van der Waals surface area contributed by atoms with Crippen LogP contribution in [0.3, 0.4) is 0 Å². The van der Waals surface area contributed by atoms with Crippen molar-refractivity contribution in [1.82, 2.24) is 0 Å². The first-order valence-electron chi connectivity index (χ1n) is 1.68. The molecule has 1 nitrogen and oxygen atoms in total. The normalized spacial score (nSPS) is 13.5. The number of hydrogen-bond donors (Lipinski definition) is 0. The van der Waals surface area contributed by atoms with E-state index in [1.165, 1.54) is 0 Å². The molecule has 0 heterocycles. The summed E-state index contributed by atoms with van der Waals surface area (Å²) in [6.07, 6.45) is 3.30. The standard InChI is InChI=1S/C4H8OS/c1-3-4-6(2)5/h3H,1,4H2,2H3/t6-/m0/s1. The number of rotatable bonds is 2. The van der Waals surface area contributed by atoms with Crippen molar-refractivity contribution in [2.24, 2.45) is 0 Å². The molecule has 0 aliphatic heterocycles. The minimum Gasteiger partial charge on any atom is -0.260 e. The highest BCUT2D eigenvalue weighted by Gasteiger charge is 1.76. The number of hydrogen-bond acceptors (Lipinski definition) is 1. The summed E-state index contributed by atoms with van der Waals surface area (Å²) in [4.78, 5) is 0. The summed E-state index contributed by atoms with van der Waals surface area (Å²) in [5.41, 5.74) is 0. The van der Waals surface area contributed by atoms with E-state index in [9.17, 15) is 4.21 Å². The highest BCUT2D eigenvalue weighted by atomic mass is 32.2. The lowest BCUT2D eigenvalue weighted by Gasteiger charge is -1.77. The van der Waals surface area contributed by atoms with Crippen LogP contribution in [0.1, 0.15) is 0 Å². The summed E-state index contributed by atoms with van der Waals surface area (Å²) in [7, 11) is -0.684. The topological polar surface area (TPSA) is 17.1 Å². The lowest BCUT2D eigenvalue weighted by molar-refractivity contribution is 0.688. The average molecular weight is 104 g/mol. The Balaban J connectivity index is 3.05. The van der Waals surface area contributed by atoms with E-state index in [1.807, 2.05) is 0 Å². The summed E-state index contributed by atoms with van der Waals surface area (Å²) in [5, 5.41) is 0. The second-order valence-corrected chi connectivity index (χ2v) is 2.51. The van der Waals surface area contributed by atoms with Gasteiger partial charge in [0.15, 0.2) is 0 Å². The second kappa shape index (κ2) is 3.09. The van der Waals surface area contributed by atoms with Crippen molar-refractivity contribution in [1.29, 1.82) is 0 Å². The first-order chi connectivity index (χ1) is 2.77. The van der Waals surface area contributed by atoms with Gasteiger partial charge < -0.3 is 0 Å². The van der Waals surface area contributed by atoms with E-state index in [0.717, 1.165) is 0 Å². The van der Waals surface area contributed by atoms with Crippen molar-refractivity contribution in [3.8, 4) is 0 Å². The molecule has 6 heavy (non-hydrogen) atoms. The van der Waals surface area contributed by atoms with E-state index < -0.39 is 10.8 Å². The van der Waals surface area contributed by atoms with Crippen LogP contribution >= 0.6 is 0 Å². The maximum Gasteiger partial charge on any atom is 0.0409 e. The third-order valence-corrected chi connectivity index (χ3v) is 1.06. The van der Waals surface area contributed by atoms with Gasteiger partial charge in [0.05, 0.1) is 0 Å². The van der Waals surface area contributed by atoms with Gasteiger partial charge in [-0.15, -0.1) is 6.58 Å². The van der Waals surface area contributed by atoms with E-state index in [1.54, 1.807) is 12.3 Å². The third kappa shape index (κ3) is 3.89. The first kappa shape index (κ1) is 5.89. The zero-order valence-electron chi connectivity index (χ0n) is 3.81. The summed E-state index contributed by atoms with van der Waals surface area (Å²) >= 11 is 0. The fourth-order valence-electron chi connectivity index (χ4n) is 0.166. The molecule has 0 aromatic carbocycles. The van der Waals surface area contributed by atoms with Crippen molar-refractivity contribution in [2.75, 3.05) is 12.0 Å². The second-order valence-electron chi connectivity index (χ2n) is 1.03. The summed E-state index contributed by atoms with van der Waals surface area (Å²) < 4.78 is 10.1. The maximum atomic E-state index is 10.1. The molecular weight excluding hydrogens is 96.1 g/mol. The average Bonchev–Trinajstić information content (AvgIpc) is 1.35. The van der Waals surface area contributed by atoms with Gasteiger partial charge >= 0.3 is 0 Å². The summed E-state index contributed by atoms with van der Waals surface area (Å²) in [6.45, 7) is 3.41. The van der Waals surface area contributed by atoms with E-state index in [2.05, 4.69) is 6.58 Å². The molecule has 0 spiro atoms. The molecule has 0 radical (unpaired) electrons. The third-order valence-electron chi connectivity index (χ3n) is 0.353. The molecule has 0 fully saturated rings. The van der Waals surface area contributed by atoms with Crippen LogP contribution in [0, 0.1) is 0 Å². The Morgan fingerprint density at radius 1 is 2.00 bits per heavy atom. The molecule has 0 aromatic rings. The molecule has 36 valence electrons. The molecular formula is C4H8OS. The van der Waals surface area contributed by atoms with Crippen LogP contribution in [-0.4, -0.2) is 16.2 Å². The minimum absolute atomic E-state index is 0.611. The van der Waals surface area contributed by atoms with Crippen molar-refractivity contribution in [3.63, 3.8) is 0 Å². The molecule has 0 rings (SSSR count). The highest BCUT2D eigenvalue weighted by Crippen LogP contribution is 1.70. The van der Waals surface area contributed by atoms with Gasteiger partial charge in [0, 0.05) is 22.8 Å².